The minimum absolute atomic E-state index is 0.298. The van der Waals surface area contributed by atoms with Crippen LogP contribution in [0.1, 0.15) is 64.2 Å². The van der Waals surface area contributed by atoms with Crippen LogP contribution in [0.3, 0.4) is 0 Å². The van der Waals surface area contributed by atoms with Crippen LogP contribution < -0.4 is 15.8 Å². The first-order chi connectivity index (χ1) is 15.5. The van der Waals surface area contributed by atoms with Crippen LogP contribution in [0.15, 0.2) is 23.1 Å². The van der Waals surface area contributed by atoms with Gasteiger partial charge in [-0.15, -0.1) is 0 Å². The van der Waals surface area contributed by atoms with E-state index in [1.54, 1.807) is 0 Å². The van der Waals surface area contributed by atoms with E-state index >= 15 is 0 Å². The number of halogens is 2. The molecule has 5 aliphatic rings. The van der Waals surface area contributed by atoms with Gasteiger partial charge in [-0.25, -0.2) is 12.8 Å². The van der Waals surface area contributed by atoms with Gasteiger partial charge in [-0.3, -0.25) is 9.59 Å². The van der Waals surface area contributed by atoms with Crippen molar-refractivity contribution in [3.63, 3.8) is 0 Å². The highest BCUT2D eigenvalue weighted by Gasteiger charge is 2.61. The lowest BCUT2D eigenvalue weighted by Crippen LogP contribution is -2.69. The molecular formula is C23H29ClFN3O4S. The maximum absolute atomic E-state index is 14.5. The highest BCUT2D eigenvalue weighted by Crippen LogP contribution is 2.61. The van der Waals surface area contributed by atoms with Crippen molar-refractivity contribution in [2.24, 2.45) is 23.0 Å². The highest BCUT2D eigenvalue weighted by atomic mass is 35.5. The van der Waals surface area contributed by atoms with Crippen LogP contribution in [0, 0.1) is 23.1 Å². The Morgan fingerprint density at radius 3 is 2.33 bits per heavy atom. The lowest BCUT2D eigenvalue weighted by Gasteiger charge is -2.61. The molecule has 0 aromatic heterocycles. The van der Waals surface area contributed by atoms with Crippen LogP contribution in [-0.4, -0.2) is 31.3 Å². The summed E-state index contributed by atoms with van der Waals surface area (Å²) in [6.45, 7) is 0. The number of sulfonamides is 1. The third-order valence-corrected chi connectivity index (χ3v) is 10.2. The molecule has 7 nitrogen and oxygen atoms in total. The molecular weight excluding hydrogens is 469 g/mol. The predicted octanol–water partition coefficient (Wildman–Crippen LogP) is 3.01. The van der Waals surface area contributed by atoms with Crippen molar-refractivity contribution in [1.29, 1.82) is 0 Å². The first-order valence-corrected chi connectivity index (χ1v) is 13.4. The van der Waals surface area contributed by atoms with Crippen molar-refractivity contribution in [1.82, 2.24) is 10.0 Å². The summed E-state index contributed by atoms with van der Waals surface area (Å²) < 4.78 is 43.3. The van der Waals surface area contributed by atoms with Gasteiger partial charge in [0.1, 0.15) is 10.4 Å². The van der Waals surface area contributed by atoms with E-state index in [0.29, 0.717) is 43.9 Å². The molecule has 4 N–H and O–H groups in total. The van der Waals surface area contributed by atoms with Gasteiger partial charge < -0.3 is 11.1 Å². The molecule has 180 valence electrons. The fraction of sp³-hybridized carbons (Fsp3) is 0.652. The summed E-state index contributed by atoms with van der Waals surface area (Å²) in [5, 5.41) is 2.90. The summed E-state index contributed by atoms with van der Waals surface area (Å²) in [5.41, 5.74) is 3.30. The highest BCUT2D eigenvalue weighted by molar-refractivity contribution is 7.89. The van der Waals surface area contributed by atoms with Gasteiger partial charge in [-0.05, 0) is 75.3 Å². The minimum Gasteiger partial charge on any atom is -0.369 e. The molecule has 0 heterocycles. The lowest BCUT2D eigenvalue weighted by molar-refractivity contribution is -0.151. The zero-order valence-corrected chi connectivity index (χ0v) is 19.9. The SMILES string of the molecule is NC(=O)C12CC3CC(CC(NC(=O)C4(NS(=O)(=O)c5cccc(Cl)c5F)CCCC4)(C3)C1)C2. The second-order valence-electron chi connectivity index (χ2n) is 10.8. The van der Waals surface area contributed by atoms with Crippen molar-refractivity contribution in [3.05, 3.63) is 29.0 Å². The number of rotatable bonds is 6. The number of primary amides is 1. The van der Waals surface area contributed by atoms with Crippen LogP contribution in [0.4, 0.5) is 4.39 Å². The van der Waals surface area contributed by atoms with E-state index in [0.717, 1.165) is 38.2 Å². The predicted molar refractivity (Wildman–Crippen MR) is 120 cm³/mol. The van der Waals surface area contributed by atoms with Gasteiger partial charge in [0.2, 0.25) is 21.8 Å². The number of hydrogen-bond acceptors (Lipinski definition) is 4. The van der Waals surface area contributed by atoms with Crippen LogP contribution in [0.5, 0.6) is 0 Å². The minimum atomic E-state index is -4.34. The number of nitrogens with two attached hydrogens (primary N) is 1. The average Bonchev–Trinajstić information content (AvgIpc) is 3.17. The molecule has 1 aromatic carbocycles. The number of carbonyl (C=O) groups is 2. The number of benzene rings is 1. The van der Waals surface area contributed by atoms with Gasteiger partial charge >= 0.3 is 0 Å². The monoisotopic (exact) mass is 497 g/mol. The topological polar surface area (TPSA) is 118 Å². The van der Waals surface area contributed by atoms with Crippen molar-refractivity contribution < 1.29 is 22.4 Å². The summed E-state index contributed by atoms with van der Waals surface area (Å²) in [6.07, 6.45) is 6.62. The van der Waals surface area contributed by atoms with Crippen LogP contribution in [-0.2, 0) is 19.6 Å². The molecule has 5 fully saturated rings. The Bertz CT molecular complexity index is 1100. The zero-order valence-electron chi connectivity index (χ0n) is 18.3. The van der Waals surface area contributed by atoms with Gasteiger partial charge in [0.05, 0.1) is 10.4 Å². The molecule has 0 aliphatic heterocycles. The fourth-order valence-electron chi connectivity index (χ4n) is 7.42. The van der Waals surface area contributed by atoms with E-state index in [1.807, 2.05) is 0 Å². The summed E-state index contributed by atoms with van der Waals surface area (Å²) in [6, 6.07) is 3.77. The molecule has 10 heteroatoms. The Labute approximate surface area is 198 Å². The van der Waals surface area contributed by atoms with Crippen LogP contribution in [0.25, 0.3) is 0 Å². The van der Waals surface area contributed by atoms with Crippen molar-refractivity contribution >= 4 is 33.4 Å². The Balaban J connectivity index is 1.43. The summed E-state index contributed by atoms with van der Waals surface area (Å²) in [7, 11) is -4.34. The van der Waals surface area contributed by atoms with Gasteiger partial charge in [0.15, 0.2) is 5.82 Å². The molecule has 2 amide bonds. The fourth-order valence-corrected chi connectivity index (χ4v) is 9.17. The maximum atomic E-state index is 14.5. The van der Waals surface area contributed by atoms with E-state index in [-0.39, 0.29) is 10.9 Å². The molecule has 2 unspecified atom stereocenters. The number of amides is 2. The van der Waals surface area contributed by atoms with Crippen molar-refractivity contribution in [2.45, 2.75) is 80.2 Å². The third kappa shape index (κ3) is 3.76. The van der Waals surface area contributed by atoms with Crippen molar-refractivity contribution in [2.75, 3.05) is 0 Å². The Hall–Kier alpha value is -1.71. The molecule has 5 aliphatic carbocycles. The summed E-state index contributed by atoms with van der Waals surface area (Å²) in [4.78, 5) is 25.5. The Morgan fingerprint density at radius 1 is 1.09 bits per heavy atom. The molecule has 0 radical (unpaired) electrons. The van der Waals surface area contributed by atoms with Crippen LogP contribution >= 0.6 is 11.6 Å². The van der Waals surface area contributed by atoms with Crippen LogP contribution in [0.2, 0.25) is 5.02 Å². The van der Waals surface area contributed by atoms with E-state index in [2.05, 4.69) is 10.0 Å². The second-order valence-corrected chi connectivity index (χ2v) is 12.8. The largest absolute Gasteiger partial charge is 0.369 e. The molecule has 5 saturated carbocycles. The molecule has 1 aromatic rings. The first-order valence-electron chi connectivity index (χ1n) is 11.6. The van der Waals surface area contributed by atoms with Gasteiger partial charge in [0.25, 0.3) is 0 Å². The number of hydrogen-bond donors (Lipinski definition) is 3. The number of carbonyl (C=O) groups excluding carboxylic acids is 2. The third-order valence-electron chi connectivity index (χ3n) is 8.39. The quantitative estimate of drug-likeness (QED) is 0.559. The molecule has 0 saturated heterocycles. The average molecular weight is 498 g/mol. The molecule has 33 heavy (non-hydrogen) atoms. The number of nitrogens with one attached hydrogen (secondary N) is 2. The lowest BCUT2D eigenvalue weighted by atomic mass is 9.46. The van der Waals surface area contributed by atoms with E-state index in [4.69, 9.17) is 17.3 Å². The first kappa shape index (κ1) is 23.1. The molecule has 4 bridgehead atoms. The normalized spacial score (nSPS) is 34.4. The molecule has 6 rings (SSSR count). The van der Waals surface area contributed by atoms with Gasteiger partial charge in [0, 0.05) is 5.54 Å². The van der Waals surface area contributed by atoms with E-state index in [1.165, 1.54) is 12.1 Å². The summed E-state index contributed by atoms with van der Waals surface area (Å²) >= 11 is 5.79. The smallest absolute Gasteiger partial charge is 0.244 e. The maximum Gasteiger partial charge on any atom is 0.244 e. The standard InChI is InChI=1S/C23H29ClFN3O4S/c24-16-4-3-5-17(18(16)25)33(31,32)28-23(6-1-2-7-23)20(30)27-22-11-14-8-15(12-22)10-21(9-14,13-22)19(26)29/h3-5,14-15,28H,1-2,6-13H2,(H2,26,29)(H,27,30). The zero-order chi connectivity index (χ0) is 23.6. The van der Waals surface area contributed by atoms with Crippen molar-refractivity contribution in [3.8, 4) is 0 Å². The second kappa shape index (κ2) is 7.65. The molecule has 2 atom stereocenters. The molecule has 0 spiro atoms. The summed E-state index contributed by atoms with van der Waals surface area (Å²) in [5.74, 6) is -1.08. The Morgan fingerprint density at radius 2 is 1.73 bits per heavy atom. The van der Waals surface area contributed by atoms with Gasteiger partial charge in [-0.2, -0.15) is 4.72 Å². The van der Waals surface area contributed by atoms with E-state index < -0.39 is 43.1 Å². The van der Waals surface area contributed by atoms with E-state index in [9.17, 15) is 22.4 Å². The van der Waals surface area contributed by atoms with Gasteiger partial charge in [-0.1, -0.05) is 30.5 Å². The Kier molecular flexibility index (Phi) is 5.34.